The van der Waals surface area contributed by atoms with Gasteiger partial charge in [-0.15, -0.1) is 5.10 Å². The summed E-state index contributed by atoms with van der Waals surface area (Å²) in [6.07, 6.45) is 0.704. The molecule has 2 rings (SSSR count). The Morgan fingerprint density at radius 2 is 2.21 bits per heavy atom. The number of carbonyl (C=O) groups is 1. The number of rotatable bonds is 4. The van der Waals surface area contributed by atoms with Crippen LogP contribution < -0.4 is 5.69 Å². The zero-order chi connectivity index (χ0) is 14.0. The van der Waals surface area contributed by atoms with Crippen LogP contribution in [-0.4, -0.2) is 21.1 Å². The van der Waals surface area contributed by atoms with Crippen molar-refractivity contribution < 1.29 is 4.79 Å². The number of hydrogen-bond donors (Lipinski definition) is 1. The molecule has 0 atom stereocenters. The van der Waals surface area contributed by atoms with Gasteiger partial charge in [0.05, 0.1) is 5.02 Å². The molecule has 0 bridgehead atoms. The molecule has 0 radical (unpaired) electrons. The molecule has 0 aliphatic rings. The first-order valence-electron chi connectivity index (χ1n) is 5.63. The van der Waals surface area contributed by atoms with Crippen molar-refractivity contribution in [1.82, 2.24) is 14.8 Å². The Hall–Kier alpha value is -1.53. The van der Waals surface area contributed by atoms with E-state index in [1.807, 2.05) is 13.8 Å². The number of carbonyl (C=O) groups excluding carboxylic acids is 1. The van der Waals surface area contributed by atoms with Crippen molar-refractivity contribution in [3.63, 3.8) is 0 Å². The third-order valence-corrected chi connectivity index (χ3v) is 3.90. The number of benzene rings is 1. The Morgan fingerprint density at radius 3 is 2.84 bits per heavy atom. The first-order chi connectivity index (χ1) is 9.04. The topological polar surface area (TPSA) is 67.8 Å². The SMILES string of the molecule is CC(C)n1c(Sc2cccc(Cl)c2C=O)n[nH]c1=O. The van der Waals surface area contributed by atoms with Crippen molar-refractivity contribution in [3.8, 4) is 0 Å². The van der Waals surface area contributed by atoms with E-state index in [1.54, 1.807) is 18.2 Å². The van der Waals surface area contributed by atoms with Crippen LogP contribution in [0.15, 0.2) is 33.0 Å². The van der Waals surface area contributed by atoms with Gasteiger partial charge >= 0.3 is 5.69 Å². The summed E-state index contributed by atoms with van der Waals surface area (Å²) >= 11 is 7.20. The second-order valence-electron chi connectivity index (χ2n) is 4.15. The van der Waals surface area contributed by atoms with Crippen LogP contribution in [0.5, 0.6) is 0 Å². The van der Waals surface area contributed by atoms with Crippen molar-refractivity contribution >= 4 is 29.6 Å². The lowest BCUT2D eigenvalue weighted by Gasteiger charge is -2.09. The van der Waals surface area contributed by atoms with Crippen LogP contribution in [0, 0.1) is 0 Å². The van der Waals surface area contributed by atoms with Gasteiger partial charge in [0.15, 0.2) is 11.4 Å². The van der Waals surface area contributed by atoms with Crippen molar-refractivity contribution in [2.45, 2.75) is 29.9 Å². The van der Waals surface area contributed by atoms with E-state index in [-0.39, 0.29) is 11.7 Å². The third kappa shape index (κ3) is 2.74. The molecular weight excluding hydrogens is 286 g/mol. The van der Waals surface area contributed by atoms with Crippen LogP contribution in [0.1, 0.15) is 30.2 Å². The molecule has 0 spiro atoms. The second-order valence-corrected chi connectivity index (χ2v) is 5.56. The van der Waals surface area contributed by atoms with Gasteiger partial charge in [-0.1, -0.05) is 17.7 Å². The quantitative estimate of drug-likeness (QED) is 0.881. The molecule has 0 saturated heterocycles. The average molecular weight is 298 g/mol. The number of aldehydes is 1. The van der Waals surface area contributed by atoms with Crippen molar-refractivity contribution in [1.29, 1.82) is 0 Å². The number of aromatic amines is 1. The third-order valence-electron chi connectivity index (χ3n) is 2.52. The molecule has 1 aromatic carbocycles. The summed E-state index contributed by atoms with van der Waals surface area (Å²) in [7, 11) is 0. The van der Waals surface area contributed by atoms with Crippen LogP contribution in [0.25, 0.3) is 0 Å². The minimum atomic E-state index is -0.271. The first-order valence-corrected chi connectivity index (χ1v) is 6.82. The van der Waals surface area contributed by atoms with Crippen molar-refractivity contribution in [2.75, 3.05) is 0 Å². The second kappa shape index (κ2) is 5.63. The Labute approximate surface area is 119 Å². The van der Waals surface area contributed by atoms with Gasteiger partial charge in [-0.05, 0) is 37.7 Å². The zero-order valence-corrected chi connectivity index (χ0v) is 12.0. The number of nitrogens with one attached hydrogen (secondary N) is 1. The molecule has 100 valence electrons. The van der Waals surface area contributed by atoms with Gasteiger partial charge < -0.3 is 0 Å². The maximum atomic E-state index is 11.6. The minimum Gasteiger partial charge on any atom is -0.298 e. The smallest absolute Gasteiger partial charge is 0.298 e. The molecule has 5 nitrogen and oxygen atoms in total. The van der Waals surface area contributed by atoms with E-state index in [4.69, 9.17) is 11.6 Å². The normalized spacial score (nSPS) is 10.9. The largest absolute Gasteiger partial charge is 0.344 e. The molecule has 0 saturated carbocycles. The lowest BCUT2D eigenvalue weighted by atomic mass is 10.2. The number of hydrogen-bond acceptors (Lipinski definition) is 4. The Morgan fingerprint density at radius 1 is 1.47 bits per heavy atom. The van der Waals surface area contributed by atoms with Crippen LogP contribution in [0.3, 0.4) is 0 Å². The fraction of sp³-hybridized carbons (Fsp3) is 0.250. The zero-order valence-electron chi connectivity index (χ0n) is 10.4. The monoisotopic (exact) mass is 297 g/mol. The Kier molecular flexibility index (Phi) is 4.11. The Balaban J connectivity index is 2.45. The van der Waals surface area contributed by atoms with Crippen LogP contribution in [-0.2, 0) is 0 Å². The molecular formula is C12H12ClN3O2S. The molecule has 7 heteroatoms. The standard InChI is InChI=1S/C12H12ClN3O2S/c1-7(2)16-11(18)14-15-12(16)19-10-5-3-4-9(13)8(10)6-17/h3-7H,1-2H3,(H,14,18). The summed E-state index contributed by atoms with van der Waals surface area (Å²) in [5.41, 5.74) is 0.132. The van der Waals surface area contributed by atoms with Gasteiger partial charge in [-0.2, -0.15) is 0 Å². The van der Waals surface area contributed by atoms with Crippen molar-refractivity contribution in [2.24, 2.45) is 0 Å². The predicted molar refractivity (Wildman–Crippen MR) is 74.2 cm³/mol. The number of nitrogens with zero attached hydrogens (tertiary/aromatic N) is 2. The number of halogens is 1. The predicted octanol–water partition coefficient (Wildman–Crippen LogP) is 2.77. The van der Waals surface area contributed by atoms with Crippen LogP contribution in [0.4, 0.5) is 0 Å². The maximum absolute atomic E-state index is 11.6. The van der Waals surface area contributed by atoms with Gasteiger partial charge in [0.25, 0.3) is 0 Å². The summed E-state index contributed by atoms with van der Waals surface area (Å²) in [5, 5.41) is 7.26. The van der Waals surface area contributed by atoms with E-state index in [1.165, 1.54) is 16.3 Å². The van der Waals surface area contributed by atoms with Crippen molar-refractivity contribution in [3.05, 3.63) is 39.3 Å². The molecule has 0 unspecified atom stereocenters. The Bertz CT molecular complexity index is 663. The summed E-state index contributed by atoms with van der Waals surface area (Å²) < 4.78 is 1.53. The van der Waals surface area contributed by atoms with E-state index < -0.39 is 0 Å². The van der Waals surface area contributed by atoms with Gasteiger partial charge in [0.1, 0.15) is 0 Å². The first kappa shape index (κ1) is 13.9. The lowest BCUT2D eigenvalue weighted by molar-refractivity contribution is 0.112. The highest BCUT2D eigenvalue weighted by molar-refractivity contribution is 7.99. The highest BCUT2D eigenvalue weighted by Crippen LogP contribution is 2.31. The van der Waals surface area contributed by atoms with Crippen LogP contribution in [0.2, 0.25) is 5.02 Å². The number of aromatic nitrogens is 3. The van der Waals surface area contributed by atoms with E-state index in [9.17, 15) is 9.59 Å². The van der Waals surface area contributed by atoms with E-state index in [0.29, 0.717) is 26.9 Å². The number of H-pyrrole nitrogens is 1. The summed E-state index contributed by atoms with van der Waals surface area (Å²) in [5.74, 6) is 0. The highest BCUT2D eigenvalue weighted by Gasteiger charge is 2.15. The fourth-order valence-corrected chi connectivity index (χ4v) is 3.01. The summed E-state index contributed by atoms with van der Waals surface area (Å²) in [6.45, 7) is 3.78. The molecule has 2 aromatic rings. The van der Waals surface area contributed by atoms with E-state index in [2.05, 4.69) is 10.2 Å². The van der Waals surface area contributed by atoms with Gasteiger partial charge in [-0.25, -0.2) is 9.89 Å². The summed E-state index contributed by atoms with van der Waals surface area (Å²) in [4.78, 5) is 23.4. The van der Waals surface area contributed by atoms with Gasteiger partial charge in [0, 0.05) is 16.5 Å². The molecule has 1 N–H and O–H groups in total. The highest BCUT2D eigenvalue weighted by atomic mass is 35.5. The van der Waals surface area contributed by atoms with E-state index >= 15 is 0 Å². The molecule has 0 aliphatic heterocycles. The van der Waals surface area contributed by atoms with Crippen LogP contribution >= 0.6 is 23.4 Å². The minimum absolute atomic E-state index is 0.0207. The van der Waals surface area contributed by atoms with E-state index in [0.717, 1.165) is 0 Å². The summed E-state index contributed by atoms with van der Waals surface area (Å²) in [6, 6.07) is 5.15. The molecule has 0 aliphatic carbocycles. The van der Waals surface area contributed by atoms with Gasteiger partial charge in [-0.3, -0.25) is 9.36 Å². The van der Waals surface area contributed by atoms with Gasteiger partial charge in [0.2, 0.25) is 0 Å². The average Bonchev–Trinajstić information content (AvgIpc) is 2.71. The lowest BCUT2D eigenvalue weighted by Crippen LogP contribution is -2.19. The molecule has 0 fully saturated rings. The molecule has 1 heterocycles. The molecule has 0 amide bonds. The maximum Gasteiger partial charge on any atom is 0.344 e. The molecule has 1 aromatic heterocycles. The fourth-order valence-electron chi connectivity index (χ4n) is 1.64. The molecule has 19 heavy (non-hydrogen) atoms.